The topological polar surface area (TPSA) is 54.0 Å². The van der Waals surface area contributed by atoms with E-state index in [1.807, 2.05) is 30.3 Å². The molecule has 126 valence electrons. The molecule has 0 radical (unpaired) electrons. The van der Waals surface area contributed by atoms with Gasteiger partial charge in [0.15, 0.2) is 0 Å². The molecule has 0 bridgehead atoms. The Hall–Kier alpha value is -2.83. The first kappa shape index (κ1) is 17.5. The number of carbonyl (C=O) groups is 1. The molecule has 0 fully saturated rings. The first-order valence-electron chi connectivity index (χ1n) is 7.23. The number of nitrogens with zero attached hydrogens (tertiary/aromatic N) is 1. The van der Waals surface area contributed by atoms with Crippen LogP contribution in [0.2, 0.25) is 0 Å². The highest BCUT2D eigenvalue weighted by Gasteiger charge is 2.30. The third-order valence-electron chi connectivity index (χ3n) is 3.05. The average molecular weight is 335 g/mol. The standard InChI is InChI=1S/C17H16F3N3O/c18-17(19,20)14-7-8-15(23-12-14)21-10-11-22-16(24)9-6-13-4-2-1-3-5-13/h1-9,12H,10-11H2,(H,21,23)(H,22,24)/b9-6+. The number of halogens is 3. The molecule has 0 spiro atoms. The molecule has 7 heteroatoms. The predicted octanol–water partition coefficient (Wildman–Crippen LogP) is 3.34. The van der Waals surface area contributed by atoms with E-state index in [1.165, 1.54) is 12.1 Å². The fraction of sp³-hybridized carbons (Fsp3) is 0.176. The summed E-state index contributed by atoms with van der Waals surface area (Å²) in [4.78, 5) is 15.3. The molecule has 0 aliphatic rings. The molecule has 24 heavy (non-hydrogen) atoms. The number of hydrogen-bond acceptors (Lipinski definition) is 3. The summed E-state index contributed by atoms with van der Waals surface area (Å²) >= 11 is 0. The van der Waals surface area contributed by atoms with Crippen molar-refractivity contribution in [3.8, 4) is 0 Å². The summed E-state index contributed by atoms with van der Waals surface area (Å²) < 4.78 is 37.2. The third kappa shape index (κ3) is 5.75. The number of carbonyl (C=O) groups excluding carboxylic acids is 1. The monoisotopic (exact) mass is 335 g/mol. The van der Waals surface area contributed by atoms with Crippen molar-refractivity contribution in [3.05, 3.63) is 65.9 Å². The number of hydrogen-bond donors (Lipinski definition) is 2. The van der Waals surface area contributed by atoms with Crippen LogP contribution in [0.1, 0.15) is 11.1 Å². The molecule has 4 nitrogen and oxygen atoms in total. The summed E-state index contributed by atoms with van der Waals surface area (Å²) in [7, 11) is 0. The molecule has 0 aliphatic heterocycles. The zero-order valence-electron chi connectivity index (χ0n) is 12.7. The first-order valence-corrected chi connectivity index (χ1v) is 7.23. The van der Waals surface area contributed by atoms with Gasteiger partial charge in [0, 0.05) is 25.4 Å². The van der Waals surface area contributed by atoms with Gasteiger partial charge in [-0.25, -0.2) is 4.98 Å². The van der Waals surface area contributed by atoms with Gasteiger partial charge in [0.25, 0.3) is 0 Å². The molecule has 2 N–H and O–H groups in total. The lowest BCUT2D eigenvalue weighted by molar-refractivity contribution is -0.137. The lowest BCUT2D eigenvalue weighted by Crippen LogP contribution is -2.27. The van der Waals surface area contributed by atoms with Crippen molar-refractivity contribution < 1.29 is 18.0 Å². The Kier molecular flexibility index (Phi) is 5.95. The quantitative estimate of drug-likeness (QED) is 0.629. The van der Waals surface area contributed by atoms with Gasteiger partial charge in [-0.1, -0.05) is 30.3 Å². The van der Waals surface area contributed by atoms with Crippen molar-refractivity contribution in [1.29, 1.82) is 0 Å². The Labute approximate surface area is 137 Å². The van der Waals surface area contributed by atoms with Crippen LogP contribution >= 0.6 is 0 Å². The number of amides is 1. The number of aromatic nitrogens is 1. The van der Waals surface area contributed by atoms with Crippen LogP contribution in [0.15, 0.2) is 54.7 Å². The lowest BCUT2D eigenvalue weighted by atomic mass is 10.2. The molecule has 1 aromatic heterocycles. The molecular formula is C17H16F3N3O. The average Bonchev–Trinajstić information content (AvgIpc) is 2.57. The molecular weight excluding hydrogens is 319 g/mol. The van der Waals surface area contributed by atoms with Crippen molar-refractivity contribution in [2.75, 3.05) is 18.4 Å². The molecule has 1 heterocycles. The Bertz CT molecular complexity index is 682. The minimum atomic E-state index is -4.40. The van der Waals surface area contributed by atoms with Crippen molar-refractivity contribution in [3.63, 3.8) is 0 Å². The van der Waals surface area contributed by atoms with Crippen LogP contribution in [-0.4, -0.2) is 24.0 Å². The maximum Gasteiger partial charge on any atom is 0.417 e. The highest BCUT2D eigenvalue weighted by Crippen LogP contribution is 2.28. The van der Waals surface area contributed by atoms with Gasteiger partial charge in [-0.3, -0.25) is 4.79 Å². The molecule has 0 saturated carbocycles. The van der Waals surface area contributed by atoms with Crippen LogP contribution in [0, 0.1) is 0 Å². The summed E-state index contributed by atoms with van der Waals surface area (Å²) in [6, 6.07) is 11.6. The van der Waals surface area contributed by atoms with Gasteiger partial charge in [0.1, 0.15) is 5.82 Å². The van der Waals surface area contributed by atoms with Gasteiger partial charge in [0.05, 0.1) is 5.56 Å². The van der Waals surface area contributed by atoms with Gasteiger partial charge in [-0.05, 0) is 23.8 Å². The predicted molar refractivity (Wildman–Crippen MR) is 86.2 cm³/mol. The first-order chi connectivity index (χ1) is 11.4. The van der Waals surface area contributed by atoms with E-state index in [0.29, 0.717) is 18.9 Å². The van der Waals surface area contributed by atoms with E-state index < -0.39 is 11.7 Å². The molecule has 1 aromatic carbocycles. The summed E-state index contributed by atoms with van der Waals surface area (Å²) in [5.41, 5.74) is 0.118. The fourth-order valence-corrected chi connectivity index (χ4v) is 1.84. The van der Waals surface area contributed by atoms with Crippen LogP contribution < -0.4 is 10.6 Å². The second kappa shape index (κ2) is 8.14. The Morgan fingerprint density at radius 1 is 1.08 bits per heavy atom. The Morgan fingerprint density at radius 3 is 2.46 bits per heavy atom. The normalized spacial score (nSPS) is 11.5. The minimum Gasteiger partial charge on any atom is -0.368 e. The van der Waals surface area contributed by atoms with E-state index in [-0.39, 0.29) is 5.91 Å². The van der Waals surface area contributed by atoms with Gasteiger partial charge in [-0.15, -0.1) is 0 Å². The van der Waals surface area contributed by atoms with E-state index in [0.717, 1.165) is 17.8 Å². The number of rotatable bonds is 6. The molecule has 2 aromatic rings. The van der Waals surface area contributed by atoms with Crippen LogP contribution in [0.3, 0.4) is 0 Å². The second-order valence-electron chi connectivity index (χ2n) is 4.89. The van der Waals surface area contributed by atoms with Crippen molar-refractivity contribution in [2.24, 2.45) is 0 Å². The van der Waals surface area contributed by atoms with Gasteiger partial charge < -0.3 is 10.6 Å². The smallest absolute Gasteiger partial charge is 0.368 e. The van der Waals surface area contributed by atoms with Crippen molar-refractivity contribution in [2.45, 2.75) is 6.18 Å². The number of alkyl halides is 3. The minimum absolute atomic E-state index is 0.249. The maximum atomic E-state index is 12.4. The molecule has 0 atom stereocenters. The summed E-state index contributed by atoms with van der Waals surface area (Å²) in [6.45, 7) is 0.671. The largest absolute Gasteiger partial charge is 0.417 e. The van der Waals surface area contributed by atoms with E-state index in [1.54, 1.807) is 6.08 Å². The lowest BCUT2D eigenvalue weighted by Gasteiger charge is -2.08. The zero-order valence-corrected chi connectivity index (χ0v) is 12.7. The number of pyridine rings is 1. The third-order valence-corrected chi connectivity index (χ3v) is 3.05. The van der Waals surface area contributed by atoms with Crippen molar-refractivity contribution >= 4 is 17.8 Å². The van der Waals surface area contributed by atoms with Crippen LogP contribution in [0.5, 0.6) is 0 Å². The van der Waals surface area contributed by atoms with Gasteiger partial charge >= 0.3 is 6.18 Å². The maximum absolute atomic E-state index is 12.4. The Morgan fingerprint density at radius 2 is 1.83 bits per heavy atom. The van der Waals surface area contributed by atoms with E-state index in [9.17, 15) is 18.0 Å². The molecule has 0 unspecified atom stereocenters. The highest BCUT2D eigenvalue weighted by molar-refractivity contribution is 5.91. The fourth-order valence-electron chi connectivity index (χ4n) is 1.84. The van der Waals surface area contributed by atoms with Crippen LogP contribution in [-0.2, 0) is 11.0 Å². The van der Waals surface area contributed by atoms with E-state index >= 15 is 0 Å². The number of anilines is 1. The van der Waals surface area contributed by atoms with Crippen LogP contribution in [0.25, 0.3) is 6.08 Å². The molecule has 1 amide bonds. The number of benzene rings is 1. The molecule has 0 aliphatic carbocycles. The number of nitrogens with one attached hydrogen (secondary N) is 2. The van der Waals surface area contributed by atoms with Crippen molar-refractivity contribution in [1.82, 2.24) is 10.3 Å². The van der Waals surface area contributed by atoms with Gasteiger partial charge in [-0.2, -0.15) is 13.2 Å². The summed E-state index contributed by atoms with van der Waals surface area (Å²) in [6.07, 6.45) is -0.514. The van der Waals surface area contributed by atoms with Crippen LogP contribution in [0.4, 0.5) is 19.0 Å². The summed E-state index contributed by atoms with van der Waals surface area (Å²) in [5.74, 6) is 0.0677. The zero-order chi connectivity index (χ0) is 17.4. The Balaban J connectivity index is 1.71. The molecule has 2 rings (SSSR count). The second-order valence-corrected chi connectivity index (χ2v) is 4.89. The highest BCUT2D eigenvalue weighted by atomic mass is 19.4. The van der Waals surface area contributed by atoms with Gasteiger partial charge in [0.2, 0.25) is 5.91 Å². The summed E-state index contributed by atoms with van der Waals surface area (Å²) in [5, 5.41) is 5.50. The van der Waals surface area contributed by atoms with E-state index in [4.69, 9.17) is 0 Å². The van der Waals surface area contributed by atoms with E-state index in [2.05, 4.69) is 15.6 Å². The SMILES string of the molecule is O=C(/C=C/c1ccccc1)NCCNc1ccc(C(F)(F)F)cn1. The molecule has 0 saturated heterocycles.